The first kappa shape index (κ1) is 14.8. The Morgan fingerprint density at radius 2 is 1.68 bits per heavy atom. The van der Waals surface area contributed by atoms with Crippen LogP contribution in [0.1, 0.15) is 57.7 Å². The standard InChI is InChI=1S/C18H21NO3/c1-8-6-7-13-15(18(21)22)17(20)14-11(4)9(2)10(3)12(5)16(14)19(8)13/h8H,6-7H2,1-5H3,(H,21,22). The Hall–Kier alpha value is -2.10. The van der Waals surface area contributed by atoms with E-state index in [2.05, 4.69) is 18.4 Å². The Morgan fingerprint density at radius 3 is 2.27 bits per heavy atom. The molecule has 0 saturated heterocycles. The molecule has 0 fully saturated rings. The van der Waals surface area contributed by atoms with Crippen LogP contribution in [0.5, 0.6) is 0 Å². The van der Waals surface area contributed by atoms with E-state index in [-0.39, 0.29) is 17.0 Å². The van der Waals surface area contributed by atoms with Gasteiger partial charge in [-0.3, -0.25) is 4.79 Å². The van der Waals surface area contributed by atoms with Crippen molar-refractivity contribution in [2.24, 2.45) is 0 Å². The first-order valence-corrected chi connectivity index (χ1v) is 7.68. The second-order valence-electron chi connectivity index (χ2n) is 6.44. The van der Waals surface area contributed by atoms with Gasteiger partial charge in [0.2, 0.25) is 5.43 Å². The van der Waals surface area contributed by atoms with Gasteiger partial charge in [0.15, 0.2) is 0 Å². The number of rotatable bonds is 1. The molecule has 0 radical (unpaired) electrons. The molecule has 0 saturated carbocycles. The molecule has 0 aliphatic carbocycles. The van der Waals surface area contributed by atoms with Crippen LogP contribution >= 0.6 is 0 Å². The van der Waals surface area contributed by atoms with Gasteiger partial charge in [0.25, 0.3) is 0 Å². The van der Waals surface area contributed by atoms with E-state index < -0.39 is 5.97 Å². The molecule has 22 heavy (non-hydrogen) atoms. The van der Waals surface area contributed by atoms with Gasteiger partial charge in [-0.1, -0.05) is 0 Å². The van der Waals surface area contributed by atoms with E-state index >= 15 is 0 Å². The van der Waals surface area contributed by atoms with Gasteiger partial charge in [-0.2, -0.15) is 0 Å². The van der Waals surface area contributed by atoms with Crippen LogP contribution in [-0.2, 0) is 6.42 Å². The zero-order chi connectivity index (χ0) is 16.3. The monoisotopic (exact) mass is 299 g/mol. The number of aryl methyl sites for hydroxylation is 2. The minimum atomic E-state index is -1.11. The molecule has 0 amide bonds. The summed E-state index contributed by atoms with van der Waals surface area (Å²) in [6.45, 7) is 10.1. The predicted molar refractivity (Wildman–Crippen MR) is 87.1 cm³/mol. The Kier molecular flexibility index (Phi) is 3.17. The highest BCUT2D eigenvalue weighted by Crippen LogP contribution is 2.35. The number of aromatic carboxylic acids is 1. The molecule has 1 unspecified atom stereocenters. The van der Waals surface area contributed by atoms with Crippen molar-refractivity contribution in [3.8, 4) is 0 Å². The molecule has 2 heterocycles. The van der Waals surface area contributed by atoms with Crippen LogP contribution in [-0.4, -0.2) is 15.6 Å². The van der Waals surface area contributed by atoms with E-state index in [1.807, 2.05) is 20.8 Å². The highest BCUT2D eigenvalue weighted by Gasteiger charge is 2.30. The van der Waals surface area contributed by atoms with Crippen molar-refractivity contribution in [1.82, 2.24) is 4.57 Å². The molecule has 3 rings (SSSR count). The van der Waals surface area contributed by atoms with Gasteiger partial charge < -0.3 is 9.67 Å². The zero-order valence-electron chi connectivity index (χ0n) is 13.7. The third-order valence-corrected chi connectivity index (χ3v) is 5.38. The van der Waals surface area contributed by atoms with Crippen LogP contribution < -0.4 is 5.43 Å². The predicted octanol–water partition coefficient (Wildman–Crippen LogP) is 3.44. The fourth-order valence-electron chi connectivity index (χ4n) is 3.81. The highest BCUT2D eigenvalue weighted by molar-refractivity contribution is 5.97. The van der Waals surface area contributed by atoms with Gasteiger partial charge in [-0.05, 0) is 69.7 Å². The SMILES string of the molecule is Cc1c(C)c(C)c2c(c1C)c(=O)c(C(=O)O)c1n2C(C)CC1. The summed E-state index contributed by atoms with van der Waals surface area (Å²) in [6, 6.07) is 0.219. The molecule has 0 spiro atoms. The number of hydrogen-bond acceptors (Lipinski definition) is 2. The number of hydrogen-bond donors (Lipinski definition) is 1. The van der Waals surface area contributed by atoms with Crippen LogP contribution in [0, 0.1) is 27.7 Å². The maximum Gasteiger partial charge on any atom is 0.341 e. The minimum absolute atomic E-state index is 0.0393. The van der Waals surface area contributed by atoms with Crippen LogP contribution in [0.15, 0.2) is 4.79 Å². The molecule has 2 aromatic rings. The number of aromatic nitrogens is 1. The van der Waals surface area contributed by atoms with E-state index in [1.165, 1.54) is 5.56 Å². The summed E-state index contributed by atoms with van der Waals surface area (Å²) in [5.41, 5.74) is 5.49. The van der Waals surface area contributed by atoms with Crippen molar-refractivity contribution in [2.75, 3.05) is 0 Å². The summed E-state index contributed by atoms with van der Waals surface area (Å²) in [7, 11) is 0. The summed E-state index contributed by atoms with van der Waals surface area (Å²) in [6.07, 6.45) is 1.53. The smallest absolute Gasteiger partial charge is 0.341 e. The van der Waals surface area contributed by atoms with Gasteiger partial charge in [0.1, 0.15) is 5.56 Å². The summed E-state index contributed by atoms with van der Waals surface area (Å²) >= 11 is 0. The lowest BCUT2D eigenvalue weighted by atomic mass is 9.92. The molecule has 1 aliphatic heterocycles. The molecular formula is C18H21NO3. The van der Waals surface area contributed by atoms with E-state index in [9.17, 15) is 14.7 Å². The molecule has 1 aromatic heterocycles. The van der Waals surface area contributed by atoms with Gasteiger partial charge in [-0.25, -0.2) is 4.79 Å². The molecular weight excluding hydrogens is 278 g/mol. The van der Waals surface area contributed by atoms with Crippen molar-refractivity contribution in [3.63, 3.8) is 0 Å². The van der Waals surface area contributed by atoms with Crippen LogP contribution in [0.2, 0.25) is 0 Å². The van der Waals surface area contributed by atoms with Gasteiger partial charge >= 0.3 is 5.97 Å². The topological polar surface area (TPSA) is 59.3 Å². The molecule has 116 valence electrons. The first-order valence-electron chi connectivity index (χ1n) is 7.68. The van der Waals surface area contributed by atoms with Crippen LogP contribution in [0.3, 0.4) is 0 Å². The van der Waals surface area contributed by atoms with Crippen molar-refractivity contribution in [1.29, 1.82) is 0 Å². The maximum absolute atomic E-state index is 12.9. The second kappa shape index (κ2) is 4.70. The number of nitrogens with zero attached hydrogens (tertiary/aromatic N) is 1. The largest absolute Gasteiger partial charge is 0.477 e. The fraction of sp³-hybridized carbons (Fsp3) is 0.444. The molecule has 1 N–H and O–H groups in total. The van der Waals surface area contributed by atoms with Gasteiger partial charge in [0, 0.05) is 11.7 Å². The lowest BCUT2D eigenvalue weighted by Gasteiger charge is -2.22. The highest BCUT2D eigenvalue weighted by atomic mass is 16.4. The van der Waals surface area contributed by atoms with E-state index in [4.69, 9.17) is 0 Å². The molecule has 4 nitrogen and oxygen atoms in total. The molecule has 4 heteroatoms. The molecule has 1 aliphatic rings. The second-order valence-corrected chi connectivity index (χ2v) is 6.44. The molecule has 0 bridgehead atoms. The lowest BCUT2D eigenvalue weighted by Crippen LogP contribution is -2.24. The summed E-state index contributed by atoms with van der Waals surface area (Å²) < 4.78 is 2.09. The number of pyridine rings is 1. The van der Waals surface area contributed by atoms with Crippen molar-refractivity contribution in [2.45, 2.75) is 53.5 Å². The van der Waals surface area contributed by atoms with E-state index in [1.54, 1.807) is 0 Å². The zero-order valence-corrected chi connectivity index (χ0v) is 13.7. The number of fused-ring (bicyclic) bond motifs is 3. The maximum atomic E-state index is 12.9. The third-order valence-electron chi connectivity index (χ3n) is 5.38. The summed E-state index contributed by atoms with van der Waals surface area (Å²) in [4.78, 5) is 24.5. The number of benzene rings is 1. The Labute approximate surface area is 129 Å². The quantitative estimate of drug-likeness (QED) is 0.877. The molecule has 1 atom stereocenters. The average molecular weight is 299 g/mol. The average Bonchev–Trinajstić information content (AvgIpc) is 2.82. The Morgan fingerprint density at radius 1 is 1.09 bits per heavy atom. The normalized spacial score (nSPS) is 17.0. The van der Waals surface area contributed by atoms with Gasteiger partial charge in [0.05, 0.1) is 10.9 Å². The third kappa shape index (κ3) is 1.70. The van der Waals surface area contributed by atoms with Crippen LogP contribution in [0.25, 0.3) is 10.9 Å². The van der Waals surface area contributed by atoms with Gasteiger partial charge in [-0.15, -0.1) is 0 Å². The fourth-order valence-corrected chi connectivity index (χ4v) is 3.81. The number of carboxylic acids is 1. The van der Waals surface area contributed by atoms with E-state index in [0.29, 0.717) is 17.5 Å². The first-order chi connectivity index (χ1) is 10.3. The minimum Gasteiger partial charge on any atom is -0.477 e. The lowest BCUT2D eigenvalue weighted by molar-refractivity contribution is 0.0694. The molecule has 1 aromatic carbocycles. The van der Waals surface area contributed by atoms with Crippen molar-refractivity contribution in [3.05, 3.63) is 43.7 Å². The van der Waals surface area contributed by atoms with Crippen molar-refractivity contribution >= 4 is 16.9 Å². The number of carboxylic acid groups (broad SMARTS) is 1. The van der Waals surface area contributed by atoms with E-state index in [0.717, 1.165) is 28.6 Å². The summed E-state index contributed by atoms with van der Waals surface area (Å²) in [5.74, 6) is -1.11. The van der Waals surface area contributed by atoms with Crippen molar-refractivity contribution < 1.29 is 9.90 Å². The Bertz CT molecular complexity index is 890. The number of carbonyl (C=O) groups is 1. The Balaban J connectivity index is 2.70. The summed E-state index contributed by atoms with van der Waals surface area (Å²) in [5, 5.41) is 10.1. The van der Waals surface area contributed by atoms with Crippen LogP contribution in [0.4, 0.5) is 0 Å².